The second kappa shape index (κ2) is 9.64. The number of aromatic nitrogens is 2. The van der Waals surface area contributed by atoms with Crippen LogP contribution in [0.15, 0.2) is 48.5 Å². The molecular weight excluding hydrogens is 370 g/mol. The largest absolute Gasteiger partial charge is 0.494 e. The van der Waals surface area contributed by atoms with E-state index < -0.39 is 0 Å². The summed E-state index contributed by atoms with van der Waals surface area (Å²) in [5.74, 6) is 1.88. The minimum atomic E-state index is -0.234. The van der Waals surface area contributed by atoms with E-state index in [-0.39, 0.29) is 5.91 Å². The van der Waals surface area contributed by atoms with Crippen LogP contribution in [0.3, 0.4) is 0 Å². The first-order valence-corrected chi connectivity index (χ1v) is 9.51. The fourth-order valence-electron chi connectivity index (χ4n) is 2.85. The van der Waals surface area contributed by atoms with E-state index in [1.807, 2.05) is 56.3 Å². The van der Waals surface area contributed by atoms with Gasteiger partial charge in [-0.1, -0.05) is 6.07 Å². The molecule has 1 heterocycles. The Morgan fingerprint density at radius 1 is 1.00 bits per heavy atom. The Morgan fingerprint density at radius 2 is 1.76 bits per heavy atom. The molecule has 0 fully saturated rings. The second-order valence-corrected chi connectivity index (χ2v) is 6.23. The van der Waals surface area contributed by atoms with E-state index in [2.05, 4.69) is 15.5 Å². The monoisotopic (exact) mass is 395 g/mol. The highest BCUT2D eigenvalue weighted by molar-refractivity contribution is 5.93. The van der Waals surface area contributed by atoms with E-state index in [0.29, 0.717) is 42.6 Å². The molecule has 0 aliphatic heterocycles. The molecule has 3 rings (SSSR count). The van der Waals surface area contributed by atoms with Crippen LogP contribution in [0.5, 0.6) is 17.2 Å². The molecule has 29 heavy (non-hydrogen) atoms. The maximum absolute atomic E-state index is 12.5. The third-order valence-electron chi connectivity index (χ3n) is 4.26. The van der Waals surface area contributed by atoms with Crippen LogP contribution in [0.25, 0.3) is 11.3 Å². The quantitative estimate of drug-likeness (QED) is 0.575. The first-order chi connectivity index (χ1) is 14.1. The van der Waals surface area contributed by atoms with E-state index >= 15 is 0 Å². The van der Waals surface area contributed by atoms with Crippen LogP contribution in [-0.2, 0) is 6.54 Å². The molecule has 0 saturated carbocycles. The van der Waals surface area contributed by atoms with Gasteiger partial charge < -0.3 is 19.5 Å². The molecule has 7 heteroatoms. The standard InChI is InChI=1S/C22H25N3O4/c1-4-28-17-9-7-16(8-10-17)18-13-19(25-24-18)22(26)23-14-15-6-11-20(29-5-2)21(12-15)27-3/h6-13H,4-5,14H2,1-3H3,(H,23,26)(H,24,25). The summed E-state index contributed by atoms with van der Waals surface area (Å²) in [5.41, 5.74) is 2.90. The lowest BCUT2D eigenvalue weighted by Gasteiger charge is -2.11. The molecule has 0 aliphatic rings. The number of ether oxygens (including phenoxy) is 3. The van der Waals surface area contributed by atoms with E-state index in [4.69, 9.17) is 14.2 Å². The zero-order chi connectivity index (χ0) is 20.6. The topological polar surface area (TPSA) is 85.5 Å². The lowest BCUT2D eigenvalue weighted by Crippen LogP contribution is -2.23. The van der Waals surface area contributed by atoms with Crippen molar-refractivity contribution in [2.45, 2.75) is 20.4 Å². The number of rotatable bonds is 9. The summed E-state index contributed by atoms with van der Waals surface area (Å²) in [6, 6.07) is 14.9. The Labute approximate surface area is 170 Å². The van der Waals surface area contributed by atoms with Crippen molar-refractivity contribution in [3.63, 3.8) is 0 Å². The van der Waals surface area contributed by atoms with Crippen LogP contribution >= 0.6 is 0 Å². The first-order valence-electron chi connectivity index (χ1n) is 9.51. The normalized spacial score (nSPS) is 10.4. The van der Waals surface area contributed by atoms with Crippen LogP contribution < -0.4 is 19.5 Å². The third-order valence-corrected chi connectivity index (χ3v) is 4.26. The maximum Gasteiger partial charge on any atom is 0.269 e. The third kappa shape index (κ3) is 5.07. The Kier molecular flexibility index (Phi) is 6.73. The van der Waals surface area contributed by atoms with Crippen LogP contribution in [0, 0.1) is 0 Å². The van der Waals surface area contributed by atoms with E-state index in [1.165, 1.54) is 0 Å². The van der Waals surface area contributed by atoms with E-state index in [9.17, 15) is 4.79 Å². The zero-order valence-corrected chi connectivity index (χ0v) is 16.8. The summed E-state index contributed by atoms with van der Waals surface area (Å²) in [5, 5.41) is 9.91. The summed E-state index contributed by atoms with van der Waals surface area (Å²) in [4.78, 5) is 12.5. The number of nitrogens with one attached hydrogen (secondary N) is 2. The molecule has 0 radical (unpaired) electrons. The fraction of sp³-hybridized carbons (Fsp3) is 0.273. The highest BCUT2D eigenvalue weighted by Gasteiger charge is 2.12. The molecule has 3 aromatic rings. The fourth-order valence-corrected chi connectivity index (χ4v) is 2.85. The number of aromatic amines is 1. The van der Waals surface area contributed by atoms with Gasteiger partial charge in [0.15, 0.2) is 11.5 Å². The van der Waals surface area contributed by atoms with Crippen LogP contribution in [0.2, 0.25) is 0 Å². The Hall–Kier alpha value is -3.48. The van der Waals surface area contributed by atoms with Crippen LogP contribution in [-0.4, -0.2) is 36.4 Å². The Bertz CT molecular complexity index is 951. The van der Waals surface area contributed by atoms with Gasteiger partial charge in [-0.25, -0.2) is 0 Å². The molecule has 0 saturated heterocycles. The van der Waals surface area contributed by atoms with Gasteiger partial charge in [-0.15, -0.1) is 0 Å². The van der Waals surface area contributed by atoms with Crippen LogP contribution in [0.4, 0.5) is 0 Å². The predicted molar refractivity (Wildman–Crippen MR) is 111 cm³/mol. The number of carbonyl (C=O) groups is 1. The van der Waals surface area contributed by atoms with Gasteiger partial charge in [-0.2, -0.15) is 5.10 Å². The lowest BCUT2D eigenvalue weighted by atomic mass is 10.1. The van der Waals surface area contributed by atoms with E-state index in [1.54, 1.807) is 13.2 Å². The first kappa shape index (κ1) is 20.3. The van der Waals surface area contributed by atoms with Crippen molar-refractivity contribution in [3.8, 4) is 28.5 Å². The summed E-state index contributed by atoms with van der Waals surface area (Å²) in [6.45, 7) is 5.39. The van der Waals surface area contributed by atoms with Crippen molar-refractivity contribution in [1.82, 2.24) is 15.5 Å². The number of amides is 1. The summed E-state index contributed by atoms with van der Waals surface area (Å²) in [7, 11) is 1.59. The molecule has 1 aromatic heterocycles. The summed E-state index contributed by atoms with van der Waals surface area (Å²) >= 11 is 0. The number of benzene rings is 2. The molecule has 2 aromatic carbocycles. The Morgan fingerprint density at radius 3 is 2.45 bits per heavy atom. The van der Waals surface area contributed by atoms with Gasteiger partial charge >= 0.3 is 0 Å². The molecule has 0 atom stereocenters. The minimum absolute atomic E-state index is 0.234. The zero-order valence-electron chi connectivity index (χ0n) is 16.8. The van der Waals surface area contributed by atoms with Gasteiger partial charge in [0.05, 0.1) is 26.0 Å². The molecule has 7 nitrogen and oxygen atoms in total. The molecule has 0 spiro atoms. The molecule has 0 aliphatic carbocycles. The molecule has 0 bridgehead atoms. The highest BCUT2D eigenvalue weighted by Crippen LogP contribution is 2.28. The average molecular weight is 395 g/mol. The molecule has 152 valence electrons. The van der Waals surface area contributed by atoms with Crippen molar-refractivity contribution in [2.75, 3.05) is 20.3 Å². The molecule has 0 unspecified atom stereocenters. The van der Waals surface area contributed by atoms with Crippen molar-refractivity contribution < 1.29 is 19.0 Å². The molecule has 2 N–H and O–H groups in total. The maximum atomic E-state index is 12.5. The number of nitrogens with zero attached hydrogens (tertiary/aromatic N) is 1. The highest BCUT2D eigenvalue weighted by atomic mass is 16.5. The number of methoxy groups -OCH3 is 1. The average Bonchev–Trinajstić information content (AvgIpc) is 3.24. The SMILES string of the molecule is CCOc1ccc(-c2cc(C(=O)NCc3ccc(OCC)c(OC)c3)[nH]n2)cc1. The summed E-state index contributed by atoms with van der Waals surface area (Å²) < 4.78 is 16.3. The molecule has 1 amide bonds. The van der Waals surface area contributed by atoms with Crippen molar-refractivity contribution in [2.24, 2.45) is 0 Å². The van der Waals surface area contributed by atoms with Gasteiger partial charge in [-0.3, -0.25) is 9.89 Å². The van der Waals surface area contributed by atoms with Gasteiger partial charge in [0, 0.05) is 12.1 Å². The van der Waals surface area contributed by atoms with Crippen molar-refractivity contribution in [1.29, 1.82) is 0 Å². The molecular formula is C22H25N3O4. The van der Waals surface area contributed by atoms with Crippen molar-refractivity contribution >= 4 is 5.91 Å². The van der Waals surface area contributed by atoms with E-state index in [0.717, 1.165) is 16.9 Å². The Balaban J connectivity index is 1.63. The van der Waals surface area contributed by atoms with Crippen molar-refractivity contribution in [3.05, 3.63) is 59.8 Å². The van der Waals surface area contributed by atoms with Gasteiger partial charge in [-0.05, 0) is 61.9 Å². The predicted octanol–water partition coefficient (Wildman–Crippen LogP) is 3.81. The second-order valence-electron chi connectivity index (χ2n) is 6.23. The number of hydrogen-bond donors (Lipinski definition) is 2. The number of carbonyl (C=O) groups excluding carboxylic acids is 1. The van der Waals surface area contributed by atoms with Gasteiger partial charge in [0.1, 0.15) is 11.4 Å². The number of H-pyrrole nitrogens is 1. The van der Waals surface area contributed by atoms with Gasteiger partial charge in [0.25, 0.3) is 5.91 Å². The lowest BCUT2D eigenvalue weighted by molar-refractivity contribution is 0.0946. The van der Waals surface area contributed by atoms with Crippen LogP contribution in [0.1, 0.15) is 29.9 Å². The smallest absolute Gasteiger partial charge is 0.269 e. The number of hydrogen-bond acceptors (Lipinski definition) is 5. The minimum Gasteiger partial charge on any atom is -0.494 e. The summed E-state index contributed by atoms with van der Waals surface area (Å²) in [6.07, 6.45) is 0. The van der Waals surface area contributed by atoms with Gasteiger partial charge in [0.2, 0.25) is 0 Å².